The molecule has 1 saturated heterocycles. The predicted molar refractivity (Wildman–Crippen MR) is 103 cm³/mol. The number of piperidine rings is 1. The summed E-state index contributed by atoms with van der Waals surface area (Å²) in [5.74, 6) is 1.65. The smallest absolute Gasteiger partial charge is 0.408 e. The van der Waals surface area contributed by atoms with Gasteiger partial charge in [0.2, 0.25) is 5.91 Å². The van der Waals surface area contributed by atoms with E-state index in [9.17, 15) is 14.7 Å². The van der Waals surface area contributed by atoms with E-state index in [1.165, 1.54) is 0 Å². The van der Waals surface area contributed by atoms with Crippen molar-refractivity contribution in [1.29, 1.82) is 0 Å². The van der Waals surface area contributed by atoms with Gasteiger partial charge in [0, 0.05) is 18.0 Å². The number of fused-ring (bicyclic) bond motifs is 1. The Morgan fingerprint density at radius 3 is 2.32 bits per heavy atom. The molecular formula is C22H34N2O4. The standard InChI is InChI=1S/C22H34N2O4/c1-20(2,3)28-19(26)23-17(18(25)24-5-4-15-7-16(15)24)21-8-13-6-14(9-21)11-22(27,10-13)12-21/h13-17,27H,4-12H2,1-3H3,(H,23,26)/t13?,14?,15-,16+,17-,21?,22?/m1/s1. The Morgan fingerprint density at radius 1 is 1.14 bits per heavy atom. The van der Waals surface area contributed by atoms with Crippen LogP contribution in [-0.4, -0.2) is 51.8 Å². The van der Waals surface area contributed by atoms with Gasteiger partial charge in [-0.05, 0) is 89.9 Å². The van der Waals surface area contributed by atoms with Crippen LogP contribution in [0.25, 0.3) is 0 Å². The van der Waals surface area contributed by atoms with Crippen molar-refractivity contribution in [1.82, 2.24) is 10.2 Å². The van der Waals surface area contributed by atoms with Crippen LogP contribution in [0.4, 0.5) is 4.79 Å². The second-order valence-electron chi connectivity index (χ2n) is 11.5. The number of amides is 2. The van der Waals surface area contributed by atoms with E-state index < -0.39 is 23.3 Å². The van der Waals surface area contributed by atoms with Crippen LogP contribution >= 0.6 is 0 Å². The highest BCUT2D eigenvalue weighted by molar-refractivity contribution is 5.87. The van der Waals surface area contributed by atoms with E-state index in [0.717, 1.165) is 51.5 Å². The molecule has 6 rings (SSSR count). The number of hydrogen-bond donors (Lipinski definition) is 2. The second kappa shape index (κ2) is 5.87. The molecule has 2 unspecified atom stereocenters. The molecule has 0 aromatic rings. The van der Waals surface area contributed by atoms with E-state index in [1.807, 2.05) is 25.7 Å². The average molecular weight is 391 g/mol. The fourth-order valence-corrected chi connectivity index (χ4v) is 7.36. The first-order chi connectivity index (χ1) is 13.1. The third-order valence-corrected chi connectivity index (χ3v) is 7.91. The van der Waals surface area contributed by atoms with E-state index in [1.54, 1.807) is 0 Å². The molecule has 5 saturated carbocycles. The molecule has 6 heteroatoms. The molecule has 1 heterocycles. The number of carbonyl (C=O) groups excluding carboxylic acids is 2. The third-order valence-electron chi connectivity index (χ3n) is 7.91. The minimum Gasteiger partial charge on any atom is -0.444 e. The molecule has 6 aliphatic rings. The van der Waals surface area contributed by atoms with Gasteiger partial charge in [-0.25, -0.2) is 4.79 Å². The summed E-state index contributed by atoms with van der Waals surface area (Å²) in [6.45, 7) is 6.32. The zero-order valence-corrected chi connectivity index (χ0v) is 17.4. The second-order valence-corrected chi connectivity index (χ2v) is 11.5. The molecule has 0 aromatic heterocycles. The number of nitrogens with zero attached hydrogens (tertiary/aromatic N) is 1. The quantitative estimate of drug-likeness (QED) is 0.777. The molecule has 6 fully saturated rings. The Balaban J connectivity index is 1.44. The number of alkyl carbamates (subject to hydrolysis) is 1. The molecule has 0 aromatic carbocycles. The SMILES string of the molecule is CC(C)(C)OC(=O)N[C@H](C(=O)N1CC[C@@H]2C[C@@H]21)C12CC3CC(CC(O)(C3)C1)C2. The van der Waals surface area contributed by atoms with Crippen LogP contribution in [0.5, 0.6) is 0 Å². The first kappa shape index (κ1) is 18.7. The van der Waals surface area contributed by atoms with Crippen molar-refractivity contribution in [3.8, 4) is 0 Å². The Morgan fingerprint density at radius 2 is 1.82 bits per heavy atom. The lowest BCUT2D eigenvalue weighted by atomic mass is 9.46. The highest BCUT2D eigenvalue weighted by Gasteiger charge is 2.63. The summed E-state index contributed by atoms with van der Waals surface area (Å²) >= 11 is 0. The van der Waals surface area contributed by atoms with Crippen LogP contribution in [-0.2, 0) is 9.53 Å². The van der Waals surface area contributed by atoms with Crippen LogP contribution in [0.2, 0.25) is 0 Å². The molecule has 5 aliphatic carbocycles. The van der Waals surface area contributed by atoms with E-state index in [2.05, 4.69) is 5.32 Å². The molecule has 2 N–H and O–H groups in total. The highest BCUT2D eigenvalue weighted by Crippen LogP contribution is 2.63. The van der Waals surface area contributed by atoms with Gasteiger partial charge < -0.3 is 20.1 Å². The van der Waals surface area contributed by atoms with E-state index >= 15 is 0 Å². The van der Waals surface area contributed by atoms with E-state index in [4.69, 9.17) is 4.74 Å². The maximum Gasteiger partial charge on any atom is 0.408 e. The number of aliphatic hydroxyl groups is 1. The number of carbonyl (C=O) groups is 2. The normalized spacial score (nSPS) is 44.2. The summed E-state index contributed by atoms with van der Waals surface area (Å²) in [4.78, 5) is 28.4. The van der Waals surface area contributed by atoms with E-state index in [-0.39, 0.29) is 11.3 Å². The van der Waals surface area contributed by atoms with Crippen LogP contribution in [0.3, 0.4) is 0 Å². The monoisotopic (exact) mass is 390 g/mol. The molecule has 156 valence electrons. The molecule has 5 atom stereocenters. The molecule has 6 nitrogen and oxygen atoms in total. The summed E-state index contributed by atoms with van der Waals surface area (Å²) in [5, 5.41) is 14.2. The number of ether oxygens (including phenoxy) is 1. The van der Waals surface area contributed by atoms with Crippen molar-refractivity contribution in [3.05, 3.63) is 0 Å². The number of likely N-dealkylation sites (tertiary alicyclic amines) is 1. The van der Waals surface area contributed by atoms with Gasteiger partial charge in [-0.2, -0.15) is 0 Å². The number of nitrogens with one attached hydrogen (secondary N) is 1. The number of hydrogen-bond acceptors (Lipinski definition) is 4. The summed E-state index contributed by atoms with van der Waals surface area (Å²) < 4.78 is 5.52. The Kier molecular flexibility index (Phi) is 3.92. The van der Waals surface area contributed by atoms with Crippen molar-refractivity contribution in [3.63, 3.8) is 0 Å². The first-order valence-corrected chi connectivity index (χ1v) is 11.1. The molecule has 2 amide bonds. The zero-order valence-electron chi connectivity index (χ0n) is 17.4. The van der Waals surface area contributed by atoms with Gasteiger partial charge in [0.15, 0.2) is 0 Å². The lowest BCUT2D eigenvalue weighted by Crippen LogP contribution is -2.66. The third kappa shape index (κ3) is 3.12. The lowest BCUT2D eigenvalue weighted by Gasteiger charge is -2.62. The predicted octanol–water partition coefficient (Wildman–Crippen LogP) is 2.83. The number of rotatable bonds is 3. The summed E-state index contributed by atoms with van der Waals surface area (Å²) in [6, 6.07) is -0.216. The van der Waals surface area contributed by atoms with Gasteiger partial charge in [0.05, 0.1) is 5.60 Å². The first-order valence-electron chi connectivity index (χ1n) is 11.1. The molecule has 0 radical (unpaired) electrons. The maximum absolute atomic E-state index is 13.7. The van der Waals surface area contributed by atoms with Gasteiger partial charge in [0.1, 0.15) is 11.6 Å². The van der Waals surface area contributed by atoms with Gasteiger partial charge in [-0.3, -0.25) is 4.79 Å². The van der Waals surface area contributed by atoms with Crippen molar-refractivity contribution >= 4 is 12.0 Å². The fraction of sp³-hybridized carbons (Fsp3) is 0.909. The van der Waals surface area contributed by atoms with Crippen molar-refractivity contribution in [2.24, 2.45) is 23.2 Å². The molecule has 0 spiro atoms. The highest BCUT2D eigenvalue weighted by atomic mass is 16.6. The van der Waals surface area contributed by atoms with E-state index in [0.29, 0.717) is 30.2 Å². The Labute approximate surface area is 167 Å². The van der Waals surface area contributed by atoms with Crippen molar-refractivity contribution in [2.75, 3.05) is 6.54 Å². The van der Waals surface area contributed by atoms with Gasteiger partial charge >= 0.3 is 6.09 Å². The molecular weight excluding hydrogens is 356 g/mol. The minimum absolute atomic E-state index is 0.0569. The average Bonchev–Trinajstić information content (AvgIpc) is 3.18. The Hall–Kier alpha value is -1.30. The Bertz CT molecular complexity index is 685. The summed E-state index contributed by atoms with van der Waals surface area (Å²) in [6.07, 6.45) is 7.03. The van der Waals surface area contributed by atoms with Gasteiger partial charge in [-0.15, -0.1) is 0 Å². The fourth-order valence-electron chi connectivity index (χ4n) is 7.36. The summed E-state index contributed by atoms with van der Waals surface area (Å²) in [7, 11) is 0. The van der Waals surface area contributed by atoms with Crippen molar-refractivity contribution in [2.45, 2.75) is 95.4 Å². The molecule has 1 aliphatic heterocycles. The zero-order chi connectivity index (χ0) is 19.9. The molecule has 28 heavy (non-hydrogen) atoms. The minimum atomic E-state index is -0.661. The summed E-state index contributed by atoms with van der Waals surface area (Å²) in [5.41, 5.74) is -1.60. The molecule has 4 bridgehead atoms. The van der Waals surface area contributed by atoms with Gasteiger partial charge in [-0.1, -0.05) is 0 Å². The van der Waals surface area contributed by atoms with Crippen LogP contribution in [0, 0.1) is 23.2 Å². The van der Waals surface area contributed by atoms with Crippen molar-refractivity contribution < 1.29 is 19.4 Å². The van der Waals surface area contributed by atoms with Crippen LogP contribution in [0.1, 0.15) is 72.1 Å². The lowest BCUT2D eigenvalue weighted by molar-refractivity contribution is -0.180. The maximum atomic E-state index is 13.7. The van der Waals surface area contributed by atoms with Crippen LogP contribution in [0.15, 0.2) is 0 Å². The largest absolute Gasteiger partial charge is 0.444 e. The topological polar surface area (TPSA) is 78.9 Å². The van der Waals surface area contributed by atoms with Gasteiger partial charge in [0.25, 0.3) is 0 Å². The van der Waals surface area contributed by atoms with Crippen LogP contribution < -0.4 is 5.32 Å².